The number of hydrogen-bond acceptors (Lipinski definition) is 1. The summed E-state index contributed by atoms with van der Waals surface area (Å²) in [6.07, 6.45) is 0. The van der Waals surface area contributed by atoms with Gasteiger partial charge in [0.25, 0.3) is 0 Å². The molecular weight excluding hydrogens is 678 g/mol. The summed E-state index contributed by atoms with van der Waals surface area (Å²) in [6, 6.07) is 72.8. The first-order valence-electron chi connectivity index (χ1n) is 19.3. The number of nitrogens with zero attached hydrogens (tertiary/aromatic N) is 2. The van der Waals surface area contributed by atoms with Gasteiger partial charge in [0.1, 0.15) is 0 Å². The lowest BCUT2D eigenvalue weighted by atomic mass is 9.32. The highest BCUT2D eigenvalue weighted by molar-refractivity contribution is 7.04. The summed E-state index contributed by atoms with van der Waals surface area (Å²) in [5, 5.41) is 2.21. The van der Waals surface area contributed by atoms with Crippen LogP contribution in [0.2, 0.25) is 0 Å². The first-order chi connectivity index (χ1) is 27.8. The van der Waals surface area contributed by atoms with Crippen molar-refractivity contribution < 1.29 is 4.79 Å². The van der Waals surface area contributed by atoms with Crippen LogP contribution in [0.5, 0.6) is 0 Å². The highest BCUT2D eigenvalue weighted by Crippen LogP contribution is 2.52. The van der Waals surface area contributed by atoms with Gasteiger partial charge in [-0.2, -0.15) is 0 Å². The van der Waals surface area contributed by atoms with Crippen LogP contribution in [0.15, 0.2) is 206 Å². The number of benzene rings is 8. The van der Waals surface area contributed by atoms with E-state index in [1.807, 2.05) is 12.1 Å². The highest BCUT2D eigenvalue weighted by Gasteiger charge is 2.50. The first kappa shape index (κ1) is 32.3. The summed E-state index contributed by atoms with van der Waals surface area (Å²) in [5.41, 5.74) is 14.8. The topological polar surface area (TPSA) is 23.6 Å². The molecule has 0 aromatic heterocycles. The number of urea groups is 1. The van der Waals surface area contributed by atoms with Crippen LogP contribution in [0.4, 0.5) is 16.2 Å². The summed E-state index contributed by atoms with van der Waals surface area (Å²) in [6.45, 7) is -0.255. The predicted octanol–water partition coefficient (Wildman–Crippen LogP) is 9.05. The number of hydrogen-bond donors (Lipinski definition) is 0. The lowest BCUT2D eigenvalue weighted by Crippen LogP contribution is -2.59. The summed E-state index contributed by atoms with van der Waals surface area (Å²) in [5.74, 6) is 0. The second-order valence-corrected chi connectivity index (χ2v) is 14.7. The molecule has 0 fully saturated rings. The van der Waals surface area contributed by atoms with Gasteiger partial charge >= 0.3 is 6.03 Å². The van der Waals surface area contributed by atoms with Gasteiger partial charge in [-0.25, -0.2) is 4.79 Å². The van der Waals surface area contributed by atoms with Gasteiger partial charge in [-0.05, 0) is 49.5 Å². The van der Waals surface area contributed by atoms with Crippen LogP contribution in [-0.4, -0.2) is 19.5 Å². The first-order valence-corrected chi connectivity index (χ1v) is 19.3. The third-order valence-electron chi connectivity index (χ3n) is 11.7. The van der Waals surface area contributed by atoms with Crippen molar-refractivity contribution in [1.29, 1.82) is 0 Å². The van der Waals surface area contributed by atoms with Gasteiger partial charge in [0.2, 0.25) is 13.4 Å². The van der Waals surface area contributed by atoms with Gasteiger partial charge in [0, 0.05) is 5.39 Å². The summed E-state index contributed by atoms with van der Waals surface area (Å²) < 4.78 is 0. The van der Waals surface area contributed by atoms with E-state index in [0.29, 0.717) is 0 Å². The fourth-order valence-corrected chi connectivity index (χ4v) is 9.48. The maximum atomic E-state index is 16.4. The Hall–Kier alpha value is -7.10. The van der Waals surface area contributed by atoms with Gasteiger partial charge < -0.3 is 0 Å². The maximum Gasteiger partial charge on any atom is 0.338 e. The van der Waals surface area contributed by atoms with E-state index >= 15 is 4.79 Å². The van der Waals surface area contributed by atoms with Crippen LogP contribution in [0.1, 0.15) is 22.3 Å². The van der Waals surface area contributed by atoms with Gasteiger partial charge in [0.05, 0.1) is 22.8 Å². The number of carbonyl (C=O) groups excluding carboxylic acids is 1. The van der Waals surface area contributed by atoms with Crippen molar-refractivity contribution in [2.75, 3.05) is 9.80 Å². The SMILES string of the molecule is O=C1N2C(c3ccccc3)=C(c3ccccc3)B(c3ccccc3)c3ccc4ccc5c(c4c32)N1C(c1ccccc1)=C(c1ccccc1)B5c1ccccc1. The highest BCUT2D eigenvalue weighted by atomic mass is 16.2. The Balaban J connectivity index is 1.33. The van der Waals surface area contributed by atoms with Crippen LogP contribution in [0.25, 0.3) is 33.1 Å². The van der Waals surface area contributed by atoms with Crippen molar-refractivity contribution in [2.24, 2.45) is 0 Å². The molecule has 0 saturated carbocycles. The molecule has 0 saturated heterocycles. The molecule has 0 spiro atoms. The fraction of sp³-hybridized carbons (Fsp3) is 0. The summed E-state index contributed by atoms with van der Waals surface area (Å²) >= 11 is 0. The van der Waals surface area contributed by atoms with E-state index in [9.17, 15) is 0 Å². The Labute approximate surface area is 327 Å². The van der Waals surface area contributed by atoms with Crippen LogP contribution in [-0.2, 0) is 0 Å². The minimum atomic E-state index is -0.128. The summed E-state index contributed by atoms with van der Waals surface area (Å²) in [7, 11) is 0. The van der Waals surface area contributed by atoms with Crippen LogP contribution in [0, 0.1) is 0 Å². The summed E-state index contributed by atoms with van der Waals surface area (Å²) in [4.78, 5) is 20.5. The molecule has 3 aliphatic heterocycles. The predicted molar refractivity (Wildman–Crippen MR) is 237 cm³/mol. The molecular formula is C51H34B2N2O. The Morgan fingerprint density at radius 1 is 0.339 bits per heavy atom. The molecule has 0 unspecified atom stereocenters. The van der Waals surface area contributed by atoms with Crippen LogP contribution in [0.3, 0.4) is 0 Å². The molecule has 8 aromatic rings. The number of anilines is 2. The van der Waals surface area contributed by atoms with E-state index in [4.69, 9.17) is 0 Å². The van der Waals surface area contributed by atoms with E-state index in [0.717, 1.165) is 77.7 Å². The Morgan fingerprint density at radius 3 is 1.02 bits per heavy atom. The van der Waals surface area contributed by atoms with E-state index in [1.165, 1.54) is 10.9 Å². The number of rotatable bonds is 6. The van der Waals surface area contributed by atoms with Gasteiger partial charge in [-0.1, -0.05) is 217 Å². The van der Waals surface area contributed by atoms with Crippen molar-refractivity contribution in [1.82, 2.24) is 0 Å². The van der Waals surface area contributed by atoms with E-state index < -0.39 is 0 Å². The lowest BCUT2D eigenvalue weighted by Gasteiger charge is -2.48. The van der Waals surface area contributed by atoms with E-state index in [2.05, 4.69) is 204 Å². The zero-order valence-electron chi connectivity index (χ0n) is 30.6. The Bertz CT molecular complexity index is 2670. The normalized spacial score (nSPS) is 14.5. The quantitative estimate of drug-likeness (QED) is 0.158. The molecule has 8 aromatic carbocycles. The lowest BCUT2D eigenvalue weighted by molar-refractivity contribution is 0.256. The Morgan fingerprint density at radius 2 is 0.661 bits per heavy atom. The smallest absolute Gasteiger partial charge is 0.262 e. The van der Waals surface area contributed by atoms with Crippen molar-refractivity contribution in [3.05, 3.63) is 229 Å². The molecule has 0 N–H and O–H groups in total. The third kappa shape index (κ3) is 4.84. The standard InChI is InChI=1S/C51H34B2N2O/c56-51-54-47(38-23-11-3-12-24-38)45(36-19-7-1-8-20-36)52(40-27-15-5-16-28-40)42-33-31-35-32-34-43-50(44(35)49(42)54)55(51)48(39-25-13-4-14-26-39)46(37-21-9-2-10-22-37)53(43)41-29-17-6-18-30-41/h1-34H. The molecule has 2 amide bonds. The van der Waals surface area contributed by atoms with Crippen molar-refractivity contribution in [3.8, 4) is 0 Å². The molecule has 260 valence electrons. The average Bonchev–Trinajstić information content (AvgIpc) is 3.28. The van der Waals surface area contributed by atoms with Crippen molar-refractivity contribution in [2.45, 2.75) is 0 Å². The molecule has 0 aliphatic carbocycles. The molecule has 56 heavy (non-hydrogen) atoms. The fourth-order valence-electron chi connectivity index (χ4n) is 9.48. The second kappa shape index (κ2) is 13.0. The molecule has 0 radical (unpaired) electrons. The molecule has 5 heteroatoms. The second-order valence-electron chi connectivity index (χ2n) is 14.7. The molecule has 3 heterocycles. The monoisotopic (exact) mass is 712 g/mol. The minimum absolute atomic E-state index is 0.0868. The third-order valence-corrected chi connectivity index (χ3v) is 11.7. The maximum absolute atomic E-state index is 16.4. The van der Waals surface area contributed by atoms with Crippen LogP contribution < -0.4 is 31.7 Å². The zero-order chi connectivity index (χ0) is 37.2. The van der Waals surface area contributed by atoms with E-state index in [-0.39, 0.29) is 19.5 Å². The van der Waals surface area contributed by atoms with Gasteiger partial charge in [-0.15, -0.1) is 0 Å². The molecule has 0 atom stereocenters. The van der Waals surface area contributed by atoms with Crippen molar-refractivity contribution >= 4 is 85.8 Å². The molecule has 0 bridgehead atoms. The molecule has 3 nitrogen and oxygen atoms in total. The Kier molecular flexibility index (Phi) is 7.53. The van der Waals surface area contributed by atoms with E-state index in [1.54, 1.807) is 0 Å². The van der Waals surface area contributed by atoms with Gasteiger partial charge in [-0.3, -0.25) is 9.80 Å². The largest absolute Gasteiger partial charge is 0.338 e. The van der Waals surface area contributed by atoms with Crippen LogP contribution >= 0.6 is 0 Å². The number of carbonyl (C=O) groups is 1. The molecule has 3 aliphatic rings. The van der Waals surface area contributed by atoms with Crippen molar-refractivity contribution in [3.63, 3.8) is 0 Å². The van der Waals surface area contributed by atoms with Gasteiger partial charge in [0.15, 0.2) is 0 Å². The minimum Gasteiger partial charge on any atom is -0.262 e. The number of amides is 2. The molecule has 11 rings (SSSR count). The average molecular weight is 712 g/mol. The zero-order valence-corrected chi connectivity index (χ0v) is 30.6.